The first kappa shape index (κ1) is 9.09. The van der Waals surface area contributed by atoms with Gasteiger partial charge in [0.1, 0.15) is 0 Å². The van der Waals surface area contributed by atoms with E-state index in [0.29, 0.717) is 0 Å². The van der Waals surface area contributed by atoms with Crippen LogP contribution in [0.25, 0.3) is 0 Å². The Morgan fingerprint density at radius 2 is 1.00 bits per heavy atom. The van der Waals surface area contributed by atoms with Crippen molar-refractivity contribution in [1.29, 1.82) is 0 Å². The molecule has 0 aromatic rings. The summed E-state index contributed by atoms with van der Waals surface area (Å²) in [5, 5.41) is 0. The minimum atomic E-state index is 0.980. The fourth-order valence-corrected chi connectivity index (χ4v) is 2.03. The zero-order chi connectivity index (χ0) is 8.10. The van der Waals surface area contributed by atoms with Crippen molar-refractivity contribution in [3.8, 4) is 0 Å². The Hall–Kier alpha value is 0. The summed E-state index contributed by atoms with van der Waals surface area (Å²) < 4.78 is 0. The molecule has 0 heteroatoms. The van der Waals surface area contributed by atoms with Crippen molar-refractivity contribution in [3.05, 3.63) is 0 Å². The maximum absolute atomic E-state index is 2.43. The van der Waals surface area contributed by atoms with Crippen LogP contribution in [0.1, 0.15) is 58.8 Å². The molecular weight excluding hydrogens is 132 g/mol. The third-order valence-electron chi connectivity index (χ3n) is 3.29. The molecule has 1 fully saturated rings. The van der Waals surface area contributed by atoms with E-state index in [0.717, 1.165) is 11.8 Å². The van der Waals surface area contributed by atoms with Crippen LogP contribution < -0.4 is 0 Å². The number of hydrogen-bond donors (Lipinski definition) is 0. The summed E-state index contributed by atoms with van der Waals surface area (Å²) >= 11 is 0. The van der Waals surface area contributed by atoms with Crippen LogP contribution in [0.4, 0.5) is 0 Å². The molecule has 66 valence electrons. The van der Waals surface area contributed by atoms with Gasteiger partial charge in [-0.25, -0.2) is 0 Å². The van der Waals surface area contributed by atoms with Crippen molar-refractivity contribution in [2.24, 2.45) is 11.8 Å². The maximum Gasteiger partial charge on any atom is -0.0417 e. The van der Waals surface area contributed by atoms with Gasteiger partial charge in [-0.05, 0) is 11.8 Å². The Kier molecular flexibility index (Phi) is 3.96. The molecular formula is C11H22. The van der Waals surface area contributed by atoms with Gasteiger partial charge in [0.25, 0.3) is 0 Å². The van der Waals surface area contributed by atoms with E-state index in [1.807, 2.05) is 0 Å². The average molecular weight is 154 g/mol. The Labute approximate surface area is 71.4 Å². The summed E-state index contributed by atoms with van der Waals surface area (Å²) in [6, 6.07) is 0. The summed E-state index contributed by atoms with van der Waals surface area (Å²) in [6.45, 7) is 4.85. The first-order valence-electron chi connectivity index (χ1n) is 5.30. The molecule has 0 aromatic carbocycles. The van der Waals surface area contributed by atoms with Crippen molar-refractivity contribution in [3.63, 3.8) is 0 Å². The van der Waals surface area contributed by atoms with Crippen molar-refractivity contribution in [2.75, 3.05) is 0 Å². The van der Waals surface area contributed by atoms with Crippen molar-refractivity contribution < 1.29 is 0 Å². The SMILES string of the molecule is CC1CCCCCCCC1C. The highest BCUT2D eigenvalue weighted by Crippen LogP contribution is 2.25. The summed E-state index contributed by atoms with van der Waals surface area (Å²) in [5.74, 6) is 1.96. The van der Waals surface area contributed by atoms with Gasteiger partial charge >= 0.3 is 0 Å². The molecule has 1 rings (SSSR count). The lowest BCUT2D eigenvalue weighted by Gasteiger charge is -2.17. The maximum atomic E-state index is 2.43. The topological polar surface area (TPSA) is 0 Å². The van der Waals surface area contributed by atoms with Crippen LogP contribution in [-0.4, -0.2) is 0 Å². The van der Waals surface area contributed by atoms with Crippen LogP contribution in [0.5, 0.6) is 0 Å². The van der Waals surface area contributed by atoms with Crippen molar-refractivity contribution in [2.45, 2.75) is 58.8 Å². The fourth-order valence-electron chi connectivity index (χ4n) is 2.03. The molecule has 0 bridgehead atoms. The Morgan fingerprint density at radius 1 is 0.636 bits per heavy atom. The van der Waals surface area contributed by atoms with Gasteiger partial charge in [-0.1, -0.05) is 58.8 Å². The van der Waals surface area contributed by atoms with Crippen molar-refractivity contribution in [1.82, 2.24) is 0 Å². The van der Waals surface area contributed by atoms with E-state index in [1.54, 1.807) is 0 Å². The normalized spacial score (nSPS) is 35.5. The van der Waals surface area contributed by atoms with Gasteiger partial charge < -0.3 is 0 Å². The summed E-state index contributed by atoms with van der Waals surface area (Å²) in [4.78, 5) is 0. The first-order valence-corrected chi connectivity index (χ1v) is 5.30. The highest BCUT2D eigenvalue weighted by atomic mass is 14.2. The molecule has 0 nitrogen and oxygen atoms in total. The molecule has 0 amide bonds. The predicted octanol–water partition coefficient (Wildman–Crippen LogP) is 4.00. The molecule has 0 N–H and O–H groups in total. The Bertz CT molecular complexity index is 84.2. The zero-order valence-electron chi connectivity index (χ0n) is 8.10. The lowest BCUT2D eigenvalue weighted by Crippen LogP contribution is -2.06. The van der Waals surface area contributed by atoms with Gasteiger partial charge in [-0.2, -0.15) is 0 Å². The standard InChI is InChI=1S/C11H22/c1-10-8-6-4-3-5-7-9-11(10)2/h10-11H,3-9H2,1-2H3. The van der Waals surface area contributed by atoms with Crippen LogP contribution in [0.3, 0.4) is 0 Å². The minimum absolute atomic E-state index is 0.980. The number of hydrogen-bond acceptors (Lipinski definition) is 0. The monoisotopic (exact) mass is 154 g/mol. The lowest BCUT2D eigenvalue weighted by atomic mass is 9.89. The van der Waals surface area contributed by atoms with Gasteiger partial charge in [0.2, 0.25) is 0 Å². The largest absolute Gasteiger partial charge is 0.0623 e. The molecule has 0 aliphatic heterocycles. The summed E-state index contributed by atoms with van der Waals surface area (Å²) in [5.41, 5.74) is 0. The Morgan fingerprint density at radius 3 is 1.45 bits per heavy atom. The van der Waals surface area contributed by atoms with E-state index in [2.05, 4.69) is 13.8 Å². The molecule has 11 heavy (non-hydrogen) atoms. The molecule has 0 saturated heterocycles. The lowest BCUT2D eigenvalue weighted by molar-refractivity contribution is 0.339. The quantitative estimate of drug-likeness (QED) is 0.494. The molecule has 0 aromatic heterocycles. The highest BCUT2D eigenvalue weighted by Gasteiger charge is 2.12. The van der Waals surface area contributed by atoms with E-state index in [-0.39, 0.29) is 0 Å². The Balaban J connectivity index is 2.29. The van der Waals surface area contributed by atoms with E-state index >= 15 is 0 Å². The fraction of sp³-hybridized carbons (Fsp3) is 1.00. The molecule has 1 saturated carbocycles. The van der Waals surface area contributed by atoms with Gasteiger partial charge in [0, 0.05) is 0 Å². The molecule has 0 spiro atoms. The van der Waals surface area contributed by atoms with Crippen molar-refractivity contribution >= 4 is 0 Å². The molecule has 0 heterocycles. The summed E-state index contributed by atoms with van der Waals surface area (Å²) in [6.07, 6.45) is 10.4. The van der Waals surface area contributed by atoms with Gasteiger partial charge in [-0.15, -0.1) is 0 Å². The third-order valence-corrected chi connectivity index (χ3v) is 3.29. The second-order valence-electron chi connectivity index (χ2n) is 4.30. The third kappa shape index (κ3) is 3.27. The second-order valence-corrected chi connectivity index (χ2v) is 4.30. The van der Waals surface area contributed by atoms with Crippen LogP contribution in [0.2, 0.25) is 0 Å². The second kappa shape index (κ2) is 4.79. The average Bonchev–Trinajstić information content (AvgIpc) is 2.07. The van der Waals surface area contributed by atoms with E-state index in [4.69, 9.17) is 0 Å². The molecule has 1 aliphatic rings. The van der Waals surface area contributed by atoms with Gasteiger partial charge in [0.05, 0.1) is 0 Å². The van der Waals surface area contributed by atoms with E-state index < -0.39 is 0 Å². The highest BCUT2D eigenvalue weighted by molar-refractivity contribution is 4.64. The van der Waals surface area contributed by atoms with Gasteiger partial charge in [-0.3, -0.25) is 0 Å². The van der Waals surface area contributed by atoms with Gasteiger partial charge in [0.15, 0.2) is 0 Å². The molecule has 2 unspecified atom stereocenters. The van der Waals surface area contributed by atoms with Crippen LogP contribution in [0, 0.1) is 11.8 Å². The van der Waals surface area contributed by atoms with E-state index in [9.17, 15) is 0 Å². The number of rotatable bonds is 0. The van der Waals surface area contributed by atoms with Crippen LogP contribution in [0.15, 0.2) is 0 Å². The van der Waals surface area contributed by atoms with Crippen LogP contribution in [-0.2, 0) is 0 Å². The molecule has 2 atom stereocenters. The first-order chi connectivity index (χ1) is 5.30. The van der Waals surface area contributed by atoms with Crippen LogP contribution >= 0.6 is 0 Å². The molecule has 1 aliphatic carbocycles. The smallest absolute Gasteiger partial charge is 0.0417 e. The predicted molar refractivity (Wildman–Crippen MR) is 50.6 cm³/mol. The zero-order valence-corrected chi connectivity index (χ0v) is 8.10. The summed E-state index contributed by atoms with van der Waals surface area (Å²) in [7, 11) is 0. The minimum Gasteiger partial charge on any atom is -0.0623 e. The van der Waals surface area contributed by atoms with E-state index in [1.165, 1.54) is 44.9 Å². The molecule has 0 radical (unpaired) electrons.